The van der Waals surface area contributed by atoms with Crippen molar-refractivity contribution in [1.82, 2.24) is 0 Å². The molecule has 0 bridgehead atoms. The predicted octanol–water partition coefficient (Wildman–Crippen LogP) is 4.91. The summed E-state index contributed by atoms with van der Waals surface area (Å²) in [7, 11) is 0. The van der Waals surface area contributed by atoms with Crippen LogP contribution in [0.5, 0.6) is 0 Å². The van der Waals surface area contributed by atoms with Gasteiger partial charge in [0.05, 0.1) is 0 Å². The van der Waals surface area contributed by atoms with E-state index in [0.717, 1.165) is 5.56 Å². The number of hydrogen-bond acceptors (Lipinski definition) is 0. The third-order valence-corrected chi connectivity index (χ3v) is 3.73. The van der Waals surface area contributed by atoms with Crippen LogP contribution in [0.15, 0.2) is 24.3 Å². The van der Waals surface area contributed by atoms with Crippen LogP contribution in [0, 0.1) is 12.3 Å². The van der Waals surface area contributed by atoms with Gasteiger partial charge in [-0.1, -0.05) is 50.6 Å². The van der Waals surface area contributed by atoms with Gasteiger partial charge >= 0.3 is 0 Å². The second-order valence-electron chi connectivity index (χ2n) is 4.71. The Morgan fingerprint density at radius 3 is 1.81 bits per heavy atom. The highest BCUT2D eigenvalue weighted by atomic mass is 19.3. The molecule has 0 saturated carbocycles. The van der Waals surface area contributed by atoms with Gasteiger partial charge in [-0.05, 0) is 19.8 Å². The number of alkyl halides is 2. The van der Waals surface area contributed by atoms with Crippen molar-refractivity contribution in [3.63, 3.8) is 0 Å². The van der Waals surface area contributed by atoms with Crippen LogP contribution < -0.4 is 0 Å². The molecule has 0 aliphatic carbocycles. The number of hydrogen-bond donors (Lipinski definition) is 0. The fourth-order valence-corrected chi connectivity index (χ4v) is 1.81. The van der Waals surface area contributed by atoms with E-state index in [9.17, 15) is 8.78 Å². The van der Waals surface area contributed by atoms with Gasteiger partial charge in [0.25, 0.3) is 5.92 Å². The minimum atomic E-state index is -2.76. The van der Waals surface area contributed by atoms with Crippen LogP contribution in [-0.2, 0) is 5.92 Å². The summed E-state index contributed by atoms with van der Waals surface area (Å²) in [4.78, 5) is 0. The van der Waals surface area contributed by atoms with Crippen LogP contribution in [0.4, 0.5) is 8.78 Å². The molecule has 1 aromatic carbocycles. The zero-order chi connectivity index (χ0) is 12.4. The molecule has 0 aliphatic rings. The Morgan fingerprint density at radius 2 is 1.44 bits per heavy atom. The van der Waals surface area contributed by atoms with Gasteiger partial charge < -0.3 is 0 Å². The quantitative estimate of drug-likeness (QED) is 0.684. The molecule has 0 unspecified atom stereocenters. The molecule has 0 spiro atoms. The first kappa shape index (κ1) is 13.1. The molecule has 1 rings (SSSR count). The van der Waals surface area contributed by atoms with Crippen molar-refractivity contribution in [3.8, 4) is 0 Å². The van der Waals surface area contributed by atoms with Gasteiger partial charge in [0.2, 0.25) is 0 Å². The standard InChI is InChI=1S/C14H20F2/c1-5-13(4,6-2)14(15,16)12-9-7-11(3)8-10-12/h7-10H,5-6H2,1-4H3. The van der Waals surface area contributed by atoms with Crippen molar-refractivity contribution in [2.75, 3.05) is 0 Å². The molecule has 0 atom stereocenters. The summed E-state index contributed by atoms with van der Waals surface area (Å²) in [6.45, 7) is 7.21. The third-order valence-electron chi connectivity index (χ3n) is 3.73. The lowest BCUT2D eigenvalue weighted by Gasteiger charge is -2.36. The fourth-order valence-electron chi connectivity index (χ4n) is 1.81. The Hall–Kier alpha value is -0.920. The minimum absolute atomic E-state index is 0.129. The van der Waals surface area contributed by atoms with Gasteiger partial charge in [0, 0.05) is 11.0 Å². The van der Waals surface area contributed by atoms with E-state index in [1.165, 1.54) is 0 Å². The largest absolute Gasteiger partial charge is 0.278 e. The molecule has 0 fully saturated rings. The number of aryl methyl sites for hydroxylation is 1. The van der Waals surface area contributed by atoms with E-state index < -0.39 is 11.3 Å². The zero-order valence-electron chi connectivity index (χ0n) is 10.5. The molecule has 90 valence electrons. The van der Waals surface area contributed by atoms with E-state index >= 15 is 0 Å². The summed E-state index contributed by atoms with van der Waals surface area (Å²) in [5.74, 6) is -2.76. The van der Waals surface area contributed by atoms with E-state index in [0.29, 0.717) is 12.8 Å². The van der Waals surface area contributed by atoms with E-state index in [1.54, 1.807) is 31.2 Å². The van der Waals surface area contributed by atoms with Crippen molar-refractivity contribution in [2.45, 2.75) is 46.5 Å². The fraction of sp³-hybridized carbons (Fsp3) is 0.571. The monoisotopic (exact) mass is 226 g/mol. The lowest BCUT2D eigenvalue weighted by Crippen LogP contribution is -2.35. The highest BCUT2D eigenvalue weighted by Gasteiger charge is 2.48. The molecule has 0 aliphatic heterocycles. The van der Waals surface area contributed by atoms with Gasteiger partial charge in [-0.25, -0.2) is 8.78 Å². The summed E-state index contributed by atoms with van der Waals surface area (Å²) in [6.07, 6.45) is 0.953. The summed E-state index contributed by atoms with van der Waals surface area (Å²) >= 11 is 0. The molecule has 0 aromatic heterocycles. The van der Waals surface area contributed by atoms with E-state index in [2.05, 4.69) is 0 Å². The van der Waals surface area contributed by atoms with Crippen molar-refractivity contribution in [2.24, 2.45) is 5.41 Å². The van der Waals surface area contributed by atoms with Gasteiger partial charge in [0.15, 0.2) is 0 Å². The molecular weight excluding hydrogens is 206 g/mol. The van der Waals surface area contributed by atoms with Crippen molar-refractivity contribution in [3.05, 3.63) is 35.4 Å². The first-order valence-corrected chi connectivity index (χ1v) is 5.82. The van der Waals surface area contributed by atoms with Crippen molar-refractivity contribution in [1.29, 1.82) is 0 Å². The first-order chi connectivity index (χ1) is 7.37. The molecule has 0 nitrogen and oxygen atoms in total. The second kappa shape index (κ2) is 4.52. The lowest BCUT2D eigenvalue weighted by molar-refractivity contribution is -0.126. The molecule has 0 N–H and O–H groups in total. The number of halogens is 2. The highest BCUT2D eigenvalue weighted by molar-refractivity contribution is 5.26. The Balaban J connectivity index is 3.14. The summed E-state index contributed by atoms with van der Waals surface area (Å²) < 4.78 is 28.7. The summed E-state index contributed by atoms with van der Waals surface area (Å²) in [6, 6.07) is 6.57. The Bertz CT molecular complexity index is 334. The second-order valence-corrected chi connectivity index (χ2v) is 4.71. The normalized spacial score (nSPS) is 12.9. The lowest BCUT2D eigenvalue weighted by atomic mass is 9.75. The molecular formula is C14H20F2. The average Bonchev–Trinajstić information content (AvgIpc) is 2.28. The number of rotatable bonds is 4. The molecule has 2 heteroatoms. The van der Waals surface area contributed by atoms with Crippen LogP contribution in [-0.4, -0.2) is 0 Å². The topological polar surface area (TPSA) is 0 Å². The van der Waals surface area contributed by atoms with E-state index in [1.807, 2.05) is 20.8 Å². The molecule has 0 heterocycles. The Morgan fingerprint density at radius 1 is 1.00 bits per heavy atom. The molecule has 16 heavy (non-hydrogen) atoms. The maximum absolute atomic E-state index is 14.3. The van der Waals surface area contributed by atoms with Crippen LogP contribution >= 0.6 is 0 Å². The smallest absolute Gasteiger partial charge is 0.201 e. The summed E-state index contributed by atoms with van der Waals surface area (Å²) in [5, 5.41) is 0. The van der Waals surface area contributed by atoms with Crippen LogP contribution in [0.3, 0.4) is 0 Å². The van der Waals surface area contributed by atoms with E-state index in [-0.39, 0.29) is 5.56 Å². The molecule has 0 saturated heterocycles. The zero-order valence-corrected chi connectivity index (χ0v) is 10.5. The van der Waals surface area contributed by atoms with Gasteiger partial charge in [-0.15, -0.1) is 0 Å². The van der Waals surface area contributed by atoms with E-state index in [4.69, 9.17) is 0 Å². The van der Waals surface area contributed by atoms with Gasteiger partial charge in [0.1, 0.15) is 0 Å². The minimum Gasteiger partial charge on any atom is -0.201 e. The number of benzene rings is 1. The predicted molar refractivity (Wildman–Crippen MR) is 63.8 cm³/mol. The van der Waals surface area contributed by atoms with Crippen LogP contribution in [0.1, 0.15) is 44.7 Å². The van der Waals surface area contributed by atoms with Gasteiger partial charge in [-0.2, -0.15) is 0 Å². The molecule has 1 aromatic rings. The maximum Gasteiger partial charge on any atom is 0.278 e. The van der Waals surface area contributed by atoms with Crippen molar-refractivity contribution < 1.29 is 8.78 Å². The Kier molecular flexibility index (Phi) is 3.72. The molecule has 0 amide bonds. The first-order valence-electron chi connectivity index (χ1n) is 5.82. The van der Waals surface area contributed by atoms with Crippen molar-refractivity contribution >= 4 is 0 Å². The molecule has 0 radical (unpaired) electrons. The third kappa shape index (κ3) is 2.11. The Labute approximate surface area is 96.7 Å². The van der Waals surface area contributed by atoms with Gasteiger partial charge in [-0.3, -0.25) is 0 Å². The highest BCUT2D eigenvalue weighted by Crippen LogP contribution is 2.49. The summed E-state index contributed by atoms with van der Waals surface area (Å²) in [5.41, 5.74) is 0.181. The average molecular weight is 226 g/mol. The maximum atomic E-state index is 14.3. The SMILES string of the molecule is CCC(C)(CC)C(F)(F)c1ccc(C)cc1. The van der Waals surface area contributed by atoms with Crippen LogP contribution in [0.2, 0.25) is 0 Å². The van der Waals surface area contributed by atoms with Crippen LogP contribution in [0.25, 0.3) is 0 Å².